The maximum Gasteiger partial charge on any atom is 0.306 e. The fourth-order valence-corrected chi connectivity index (χ4v) is 10.8. The lowest BCUT2D eigenvalue weighted by molar-refractivity contribution is -0.154. The fourth-order valence-electron chi connectivity index (χ4n) is 10.8. The number of hydrogen-bond acceptors (Lipinski definition) is 7. The molecule has 0 aromatic heterocycles. The normalized spacial score (nSPS) is 29.6. The van der Waals surface area contributed by atoms with Gasteiger partial charge in [0.15, 0.2) is 0 Å². The minimum Gasteiger partial charge on any atom is -0.496 e. The van der Waals surface area contributed by atoms with Gasteiger partial charge in [-0.1, -0.05) is 57.9 Å². The second kappa shape index (κ2) is 15.6. The van der Waals surface area contributed by atoms with Crippen LogP contribution in [0.1, 0.15) is 124 Å². The highest BCUT2D eigenvalue weighted by Crippen LogP contribution is 2.58. The Morgan fingerprint density at radius 1 is 0.930 bits per heavy atom. The molecule has 0 bridgehead atoms. The zero-order valence-electron chi connectivity index (χ0n) is 35.8. The molecule has 0 saturated heterocycles. The van der Waals surface area contributed by atoms with E-state index in [0.717, 1.165) is 53.3 Å². The molecule has 5 aliphatic carbocycles. The van der Waals surface area contributed by atoms with E-state index in [9.17, 15) is 19.2 Å². The van der Waals surface area contributed by atoms with Crippen LogP contribution < -0.4 is 9.47 Å². The number of carbonyl (C=O) groups excluding carboxylic acids is 4. The van der Waals surface area contributed by atoms with Crippen LogP contribution in [0, 0.1) is 59.2 Å². The van der Waals surface area contributed by atoms with E-state index in [0.29, 0.717) is 42.8 Å². The Bertz CT molecular complexity index is 2030. The van der Waals surface area contributed by atoms with Crippen LogP contribution in [-0.2, 0) is 23.9 Å². The average molecular weight is 777 g/mol. The maximum absolute atomic E-state index is 14.9. The summed E-state index contributed by atoms with van der Waals surface area (Å²) in [4.78, 5) is 55.9. The lowest BCUT2D eigenvalue weighted by Crippen LogP contribution is -2.39. The summed E-state index contributed by atoms with van der Waals surface area (Å²) >= 11 is 0. The smallest absolute Gasteiger partial charge is 0.306 e. The van der Waals surface area contributed by atoms with Gasteiger partial charge >= 0.3 is 5.97 Å². The van der Waals surface area contributed by atoms with E-state index < -0.39 is 34.7 Å². The molecule has 0 spiro atoms. The number of rotatable bonds is 16. The van der Waals surface area contributed by atoms with Crippen LogP contribution in [0.15, 0.2) is 54.1 Å². The monoisotopic (exact) mass is 776 g/mol. The summed E-state index contributed by atoms with van der Waals surface area (Å²) in [6, 6.07) is 8.35. The predicted octanol–water partition coefficient (Wildman–Crippen LogP) is 10.8. The quantitative estimate of drug-likeness (QED) is 0.124. The van der Waals surface area contributed by atoms with Gasteiger partial charge in [0.25, 0.3) is 0 Å². The van der Waals surface area contributed by atoms with E-state index >= 15 is 0 Å². The number of allylic oxidation sites excluding steroid dienone is 5. The van der Waals surface area contributed by atoms with Crippen molar-refractivity contribution in [1.82, 2.24) is 0 Å². The summed E-state index contributed by atoms with van der Waals surface area (Å²) in [5.41, 5.74) is 4.75. The summed E-state index contributed by atoms with van der Waals surface area (Å²) in [5.74, 6) is 0.965. The van der Waals surface area contributed by atoms with Crippen LogP contribution >= 0.6 is 0 Å². The molecule has 8 unspecified atom stereocenters. The van der Waals surface area contributed by atoms with Gasteiger partial charge in [0, 0.05) is 35.0 Å². The van der Waals surface area contributed by atoms with Gasteiger partial charge in [-0.05, 0) is 148 Å². The summed E-state index contributed by atoms with van der Waals surface area (Å²) in [7, 11) is 1.68. The van der Waals surface area contributed by atoms with Gasteiger partial charge in [-0.2, -0.15) is 0 Å². The van der Waals surface area contributed by atoms with Crippen molar-refractivity contribution in [2.24, 2.45) is 52.3 Å². The molecule has 4 fully saturated rings. The van der Waals surface area contributed by atoms with Gasteiger partial charge < -0.3 is 14.2 Å². The Hall–Kier alpha value is -4.00. The number of benzene rings is 2. The molecule has 0 aliphatic heterocycles. The fraction of sp³-hybridized carbons (Fsp3) is 0.600. The minimum absolute atomic E-state index is 0.00881. The molecular formula is C50H64O7. The maximum atomic E-state index is 14.9. The first kappa shape index (κ1) is 41.2. The highest BCUT2D eigenvalue weighted by atomic mass is 16.5. The van der Waals surface area contributed by atoms with Gasteiger partial charge in [0.2, 0.25) is 0 Å². The van der Waals surface area contributed by atoms with Crippen molar-refractivity contribution in [1.29, 1.82) is 0 Å². The number of hydrogen-bond donors (Lipinski definition) is 0. The number of carbonyl (C=O) groups is 4. The molecule has 4 saturated carbocycles. The molecule has 0 heterocycles. The topological polar surface area (TPSA) is 96.0 Å². The van der Waals surface area contributed by atoms with Gasteiger partial charge in [0.1, 0.15) is 41.1 Å². The van der Waals surface area contributed by atoms with E-state index in [-0.39, 0.29) is 48.2 Å². The summed E-state index contributed by atoms with van der Waals surface area (Å²) in [6.07, 6.45) is 10.1. The Kier molecular flexibility index (Phi) is 11.3. The number of esters is 1. The molecule has 306 valence electrons. The van der Waals surface area contributed by atoms with Crippen molar-refractivity contribution in [2.75, 3.05) is 7.11 Å². The second-order valence-corrected chi connectivity index (χ2v) is 19.9. The van der Waals surface area contributed by atoms with E-state index in [1.54, 1.807) is 20.1 Å². The van der Waals surface area contributed by atoms with Gasteiger partial charge in [-0.15, -0.1) is 6.58 Å². The van der Waals surface area contributed by atoms with Gasteiger partial charge in [-0.3, -0.25) is 19.2 Å². The molecule has 0 radical (unpaired) electrons. The largest absolute Gasteiger partial charge is 0.496 e. The van der Waals surface area contributed by atoms with E-state index in [1.165, 1.54) is 23.1 Å². The number of ketones is 3. The van der Waals surface area contributed by atoms with Crippen LogP contribution in [-0.4, -0.2) is 42.6 Å². The van der Waals surface area contributed by atoms with Crippen molar-refractivity contribution in [3.63, 3.8) is 0 Å². The zero-order valence-corrected chi connectivity index (χ0v) is 35.8. The standard InChI is InChI=1S/C50H64O7/c1-11-35-25-50(35,30(6)51)26-44(52)41-22-37(23-42(41)48(54)43(49(7,8)9)24-47(53)57-36-18-32-17-33(32)19-36)56-46-21-34(39-16-31(14-27(2)3)15-28(39)4)20-40-29(5)45(55-10)13-12-38(40)46/h11-13,16,20-21,27,32-33,35-37,41-43H,1,14-15,17-19,22-26H2,2-10H3. The third kappa shape index (κ3) is 8.32. The first-order chi connectivity index (χ1) is 26.9. The molecule has 7 rings (SSSR count). The zero-order chi connectivity index (χ0) is 41.1. The first-order valence-corrected chi connectivity index (χ1v) is 21.5. The lowest BCUT2D eigenvalue weighted by Gasteiger charge is -2.32. The molecule has 5 aliphatic rings. The SMILES string of the molecule is C=CC1CC1(CC(=O)C1CC(Oc2cc(C3=C(C)CC(CC(C)C)=C3)cc3c(C)c(OC)ccc23)CC1C(=O)C(CC(=O)OC1CC2CC2C1)C(C)(C)C)C(C)=O. The van der Waals surface area contributed by atoms with Crippen molar-refractivity contribution in [3.8, 4) is 11.5 Å². The van der Waals surface area contributed by atoms with Crippen LogP contribution in [0.5, 0.6) is 11.5 Å². The molecule has 2 aromatic carbocycles. The molecule has 0 amide bonds. The van der Waals surface area contributed by atoms with Crippen molar-refractivity contribution >= 4 is 39.7 Å². The van der Waals surface area contributed by atoms with Gasteiger partial charge in [0.05, 0.1) is 13.5 Å². The number of fused-ring (bicyclic) bond motifs is 2. The van der Waals surface area contributed by atoms with Crippen LogP contribution in [0.4, 0.5) is 0 Å². The third-order valence-electron chi connectivity index (χ3n) is 14.3. The molecule has 7 heteroatoms. The van der Waals surface area contributed by atoms with E-state index in [1.807, 2.05) is 32.9 Å². The van der Waals surface area contributed by atoms with Crippen molar-refractivity contribution in [2.45, 2.75) is 132 Å². The molecule has 7 nitrogen and oxygen atoms in total. The van der Waals surface area contributed by atoms with Crippen LogP contribution in [0.25, 0.3) is 16.3 Å². The second-order valence-electron chi connectivity index (χ2n) is 19.9. The first-order valence-electron chi connectivity index (χ1n) is 21.5. The molecule has 0 N–H and O–H groups in total. The molecule has 57 heavy (non-hydrogen) atoms. The Morgan fingerprint density at radius 2 is 1.63 bits per heavy atom. The Labute approximate surface area is 340 Å². The summed E-state index contributed by atoms with van der Waals surface area (Å²) in [5, 5.41) is 1.98. The van der Waals surface area contributed by atoms with E-state index in [2.05, 4.69) is 52.5 Å². The molecular weight excluding hydrogens is 713 g/mol. The number of aryl methyl sites for hydroxylation is 1. The Balaban J connectivity index is 1.21. The minimum atomic E-state index is -0.753. The van der Waals surface area contributed by atoms with E-state index in [4.69, 9.17) is 14.2 Å². The Morgan fingerprint density at radius 3 is 2.25 bits per heavy atom. The highest BCUT2D eigenvalue weighted by molar-refractivity contribution is 5.98. The highest BCUT2D eigenvalue weighted by Gasteiger charge is 2.59. The average Bonchev–Trinajstić information content (AvgIpc) is 3.86. The van der Waals surface area contributed by atoms with Crippen LogP contribution in [0.3, 0.4) is 0 Å². The predicted molar refractivity (Wildman–Crippen MR) is 225 cm³/mol. The number of ether oxygens (including phenoxy) is 3. The lowest BCUT2D eigenvalue weighted by atomic mass is 9.70. The van der Waals surface area contributed by atoms with Crippen LogP contribution in [0.2, 0.25) is 0 Å². The third-order valence-corrected chi connectivity index (χ3v) is 14.3. The number of Topliss-reactive ketones (excluding diaryl/α,β-unsaturated/α-hetero) is 3. The number of methoxy groups -OCH3 is 1. The van der Waals surface area contributed by atoms with Crippen molar-refractivity contribution < 1.29 is 33.4 Å². The summed E-state index contributed by atoms with van der Waals surface area (Å²) in [6.45, 7) is 20.2. The molecule has 2 aromatic rings. The van der Waals surface area contributed by atoms with Gasteiger partial charge in [-0.25, -0.2) is 0 Å². The molecule has 8 atom stereocenters. The van der Waals surface area contributed by atoms with Crippen molar-refractivity contribution in [3.05, 3.63) is 65.3 Å². The summed E-state index contributed by atoms with van der Waals surface area (Å²) < 4.78 is 18.7.